The molecule has 0 radical (unpaired) electrons. The van der Waals surface area contributed by atoms with E-state index in [0.717, 1.165) is 5.69 Å². The molecule has 0 fully saturated rings. The van der Waals surface area contributed by atoms with Crippen LogP contribution in [0.5, 0.6) is 0 Å². The van der Waals surface area contributed by atoms with Gasteiger partial charge in [-0.2, -0.15) is 0 Å². The Hall–Kier alpha value is -2.02. The number of carbonyl (C=O) groups is 1. The van der Waals surface area contributed by atoms with Gasteiger partial charge >= 0.3 is 0 Å². The van der Waals surface area contributed by atoms with E-state index in [2.05, 4.69) is 10.2 Å². The van der Waals surface area contributed by atoms with Gasteiger partial charge in [0.2, 0.25) is 11.8 Å². The largest absolute Gasteiger partial charge is 0.416 e. The standard InChI is InChI=1S/C12H14N4O2S/c1-8-14-15-12(18-8)19-7-11(17)16(2)10-5-3-9(13)4-6-10/h3-6H,7,13H2,1-2H3. The van der Waals surface area contributed by atoms with Crippen molar-refractivity contribution in [2.24, 2.45) is 0 Å². The summed E-state index contributed by atoms with van der Waals surface area (Å²) in [5, 5.41) is 7.92. The summed E-state index contributed by atoms with van der Waals surface area (Å²) in [4.78, 5) is 13.6. The van der Waals surface area contributed by atoms with Gasteiger partial charge in [0.1, 0.15) is 0 Å². The predicted octanol–water partition coefficient (Wildman–Crippen LogP) is 1.72. The predicted molar refractivity (Wildman–Crippen MR) is 74.0 cm³/mol. The fourth-order valence-electron chi connectivity index (χ4n) is 1.40. The number of rotatable bonds is 4. The summed E-state index contributed by atoms with van der Waals surface area (Å²) < 4.78 is 5.19. The van der Waals surface area contributed by atoms with Gasteiger partial charge < -0.3 is 15.1 Å². The lowest BCUT2D eigenvalue weighted by Crippen LogP contribution is -2.27. The number of amides is 1. The third kappa shape index (κ3) is 3.47. The van der Waals surface area contributed by atoms with Gasteiger partial charge in [0.15, 0.2) is 0 Å². The van der Waals surface area contributed by atoms with Gasteiger partial charge in [-0.25, -0.2) is 0 Å². The Morgan fingerprint density at radius 2 is 2.05 bits per heavy atom. The Morgan fingerprint density at radius 1 is 1.37 bits per heavy atom. The van der Waals surface area contributed by atoms with Crippen LogP contribution in [0.2, 0.25) is 0 Å². The highest BCUT2D eigenvalue weighted by Gasteiger charge is 2.13. The zero-order valence-electron chi connectivity index (χ0n) is 10.7. The van der Waals surface area contributed by atoms with Crippen molar-refractivity contribution >= 4 is 29.0 Å². The Balaban J connectivity index is 1.94. The van der Waals surface area contributed by atoms with Crippen LogP contribution in [0.4, 0.5) is 11.4 Å². The zero-order valence-corrected chi connectivity index (χ0v) is 11.5. The molecular formula is C12H14N4O2S. The lowest BCUT2D eigenvalue weighted by molar-refractivity contribution is -0.115. The summed E-state index contributed by atoms with van der Waals surface area (Å²) in [7, 11) is 1.72. The SMILES string of the molecule is Cc1nnc(SCC(=O)N(C)c2ccc(N)cc2)o1. The van der Waals surface area contributed by atoms with Gasteiger partial charge in [-0.15, -0.1) is 10.2 Å². The molecule has 1 amide bonds. The summed E-state index contributed by atoms with van der Waals surface area (Å²) >= 11 is 1.22. The average Bonchev–Trinajstić information content (AvgIpc) is 2.82. The van der Waals surface area contributed by atoms with Crippen molar-refractivity contribution in [3.05, 3.63) is 30.2 Å². The van der Waals surface area contributed by atoms with Crippen molar-refractivity contribution in [1.29, 1.82) is 0 Å². The smallest absolute Gasteiger partial charge is 0.277 e. The lowest BCUT2D eigenvalue weighted by atomic mass is 10.2. The molecule has 100 valence electrons. The maximum atomic E-state index is 12.0. The quantitative estimate of drug-likeness (QED) is 0.677. The van der Waals surface area contributed by atoms with Gasteiger partial charge in [0.25, 0.3) is 5.22 Å². The third-order valence-electron chi connectivity index (χ3n) is 2.48. The van der Waals surface area contributed by atoms with Crippen molar-refractivity contribution in [2.45, 2.75) is 12.1 Å². The second-order valence-corrected chi connectivity index (χ2v) is 4.85. The second kappa shape index (κ2) is 5.75. The van der Waals surface area contributed by atoms with Gasteiger partial charge in [0.05, 0.1) is 5.75 Å². The number of benzene rings is 1. The first-order valence-electron chi connectivity index (χ1n) is 5.61. The topological polar surface area (TPSA) is 85.2 Å². The molecule has 0 unspecified atom stereocenters. The Kier molecular flexibility index (Phi) is 4.06. The van der Waals surface area contributed by atoms with Crippen LogP contribution in [-0.2, 0) is 4.79 Å². The molecule has 0 saturated heterocycles. The molecule has 1 aromatic heterocycles. The van der Waals surface area contributed by atoms with E-state index in [1.807, 2.05) is 0 Å². The number of nitrogens with two attached hydrogens (primary N) is 1. The number of carbonyl (C=O) groups excluding carboxylic acids is 1. The van der Waals surface area contributed by atoms with Gasteiger partial charge in [-0.1, -0.05) is 11.8 Å². The van der Waals surface area contributed by atoms with Gasteiger partial charge in [-0.3, -0.25) is 4.79 Å². The summed E-state index contributed by atoms with van der Waals surface area (Å²) in [6.07, 6.45) is 0. The maximum Gasteiger partial charge on any atom is 0.277 e. The Morgan fingerprint density at radius 3 is 2.63 bits per heavy atom. The molecule has 2 N–H and O–H groups in total. The molecule has 1 heterocycles. The minimum absolute atomic E-state index is 0.0503. The van der Waals surface area contributed by atoms with Crippen LogP contribution in [0.3, 0.4) is 0 Å². The Bertz CT molecular complexity index is 567. The van der Waals surface area contributed by atoms with Crippen molar-refractivity contribution in [3.63, 3.8) is 0 Å². The summed E-state index contributed by atoms with van der Waals surface area (Å²) in [6, 6.07) is 7.12. The van der Waals surface area contributed by atoms with E-state index in [9.17, 15) is 4.79 Å². The summed E-state index contributed by atoms with van der Waals surface area (Å²) in [5.41, 5.74) is 7.06. The van der Waals surface area contributed by atoms with E-state index in [0.29, 0.717) is 16.8 Å². The molecule has 19 heavy (non-hydrogen) atoms. The molecule has 6 nitrogen and oxygen atoms in total. The number of nitrogen functional groups attached to an aromatic ring is 1. The number of thioether (sulfide) groups is 1. The molecule has 0 spiro atoms. The molecule has 1 aromatic carbocycles. The van der Waals surface area contributed by atoms with E-state index >= 15 is 0 Å². The zero-order chi connectivity index (χ0) is 13.8. The molecule has 0 aliphatic heterocycles. The van der Waals surface area contributed by atoms with E-state index in [4.69, 9.17) is 10.2 Å². The fraction of sp³-hybridized carbons (Fsp3) is 0.250. The van der Waals surface area contributed by atoms with Crippen molar-refractivity contribution in [2.75, 3.05) is 23.4 Å². The van der Waals surface area contributed by atoms with Crippen LogP contribution >= 0.6 is 11.8 Å². The summed E-state index contributed by atoms with van der Waals surface area (Å²) in [5.74, 6) is 0.676. The van der Waals surface area contributed by atoms with Crippen LogP contribution in [-0.4, -0.2) is 28.9 Å². The molecule has 7 heteroatoms. The normalized spacial score (nSPS) is 10.4. The fourth-order valence-corrected chi connectivity index (χ4v) is 2.12. The first-order chi connectivity index (χ1) is 9.06. The van der Waals surface area contributed by atoms with Crippen molar-refractivity contribution in [3.8, 4) is 0 Å². The minimum atomic E-state index is -0.0503. The van der Waals surface area contributed by atoms with Crippen molar-refractivity contribution in [1.82, 2.24) is 10.2 Å². The van der Waals surface area contributed by atoms with E-state index < -0.39 is 0 Å². The lowest BCUT2D eigenvalue weighted by Gasteiger charge is -2.16. The first kappa shape index (κ1) is 13.4. The molecule has 0 bridgehead atoms. The third-order valence-corrected chi connectivity index (χ3v) is 3.28. The number of aryl methyl sites for hydroxylation is 1. The summed E-state index contributed by atoms with van der Waals surface area (Å²) in [6.45, 7) is 1.71. The number of aromatic nitrogens is 2. The number of hydrogen-bond donors (Lipinski definition) is 1. The number of hydrogen-bond acceptors (Lipinski definition) is 6. The van der Waals surface area contributed by atoms with E-state index in [1.165, 1.54) is 11.8 Å². The Labute approximate surface area is 115 Å². The molecule has 0 saturated carbocycles. The van der Waals surface area contributed by atoms with E-state index in [1.54, 1.807) is 43.1 Å². The first-order valence-corrected chi connectivity index (χ1v) is 6.60. The van der Waals surface area contributed by atoms with Crippen LogP contribution in [0.1, 0.15) is 5.89 Å². The molecule has 0 aliphatic carbocycles. The number of nitrogens with zero attached hydrogens (tertiary/aromatic N) is 3. The highest BCUT2D eigenvalue weighted by atomic mass is 32.2. The van der Waals surface area contributed by atoms with Crippen LogP contribution in [0.25, 0.3) is 0 Å². The number of anilines is 2. The molecular weight excluding hydrogens is 264 g/mol. The second-order valence-electron chi connectivity index (χ2n) is 3.92. The molecule has 2 rings (SSSR count). The van der Waals surface area contributed by atoms with Crippen LogP contribution < -0.4 is 10.6 Å². The monoisotopic (exact) mass is 278 g/mol. The van der Waals surface area contributed by atoms with Crippen LogP contribution in [0.15, 0.2) is 33.9 Å². The van der Waals surface area contributed by atoms with E-state index in [-0.39, 0.29) is 11.7 Å². The van der Waals surface area contributed by atoms with Gasteiger partial charge in [-0.05, 0) is 24.3 Å². The highest BCUT2D eigenvalue weighted by molar-refractivity contribution is 7.99. The minimum Gasteiger partial charge on any atom is -0.416 e. The highest BCUT2D eigenvalue weighted by Crippen LogP contribution is 2.19. The average molecular weight is 278 g/mol. The maximum absolute atomic E-state index is 12.0. The molecule has 0 atom stereocenters. The molecule has 0 aliphatic rings. The van der Waals surface area contributed by atoms with Crippen molar-refractivity contribution < 1.29 is 9.21 Å². The molecule has 2 aromatic rings. The van der Waals surface area contributed by atoms with Gasteiger partial charge in [0, 0.05) is 25.3 Å². The van der Waals surface area contributed by atoms with Crippen LogP contribution in [0, 0.1) is 6.92 Å².